The number of aromatic nitrogens is 1. The molecule has 0 radical (unpaired) electrons. The van der Waals surface area contributed by atoms with Crippen molar-refractivity contribution >= 4 is 55.6 Å². The number of ether oxygens (including phenoxy) is 1. The van der Waals surface area contributed by atoms with Crippen molar-refractivity contribution in [3.63, 3.8) is 0 Å². The van der Waals surface area contributed by atoms with Gasteiger partial charge in [-0.15, -0.1) is 0 Å². The van der Waals surface area contributed by atoms with Crippen LogP contribution in [-0.2, 0) is 0 Å². The van der Waals surface area contributed by atoms with E-state index in [1.165, 1.54) is 18.2 Å². The van der Waals surface area contributed by atoms with Crippen LogP contribution in [0.2, 0.25) is 0 Å². The van der Waals surface area contributed by atoms with Crippen molar-refractivity contribution in [3.05, 3.63) is 57.1 Å². The average molecular weight is 460 g/mol. The third-order valence-electron chi connectivity index (χ3n) is 3.68. The summed E-state index contributed by atoms with van der Waals surface area (Å²) in [6, 6.07) is 3.90. The average Bonchev–Trinajstić information content (AvgIpc) is 3.08. The molecule has 0 saturated heterocycles. The van der Waals surface area contributed by atoms with Gasteiger partial charge >= 0.3 is 0 Å². The first-order valence-corrected chi connectivity index (χ1v) is 8.93. The second-order valence-electron chi connectivity index (χ2n) is 5.50. The number of nitrogens with one attached hydrogen (secondary N) is 2. The molecule has 0 unspecified atom stereocenters. The van der Waals surface area contributed by atoms with Crippen molar-refractivity contribution in [1.82, 2.24) is 10.3 Å². The van der Waals surface area contributed by atoms with Gasteiger partial charge in [-0.1, -0.05) is 11.3 Å². The summed E-state index contributed by atoms with van der Waals surface area (Å²) in [5.74, 6) is -10.6. The standard InChI is InChI=1S/C16H8F4N4O4S2/c1-28-13-11(19)9(17)8(10(18)12(13)20)14(25)22-15(29)23-16-21-6-3-2-5(24(26)27)4-7(6)30-16/h2-4H,1H3,(H2,21,22,23,25,29). The van der Waals surface area contributed by atoms with E-state index in [0.29, 0.717) is 10.2 Å². The summed E-state index contributed by atoms with van der Waals surface area (Å²) in [5.41, 5.74) is -1.31. The van der Waals surface area contributed by atoms with Crippen molar-refractivity contribution in [3.8, 4) is 5.75 Å². The van der Waals surface area contributed by atoms with Crippen LogP contribution < -0.4 is 15.4 Å². The number of nitrogens with zero attached hydrogens (tertiary/aromatic N) is 2. The Bertz CT molecular complexity index is 1190. The van der Waals surface area contributed by atoms with E-state index >= 15 is 0 Å². The van der Waals surface area contributed by atoms with E-state index in [1.54, 1.807) is 0 Å². The van der Waals surface area contributed by atoms with Gasteiger partial charge in [-0.3, -0.25) is 20.2 Å². The smallest absolute Gasteiger partial charge is 0.270 e. The number of thiocarbonyl (C=S) groups is 1. The molecule has 0 bridgehead atoms. The predicted octanol–water partition coefficient (Wildman–Crippen LogP) is 3.90. The molecule has 8 nitrogen and oxygen atoms in total. The fourth-order valence-corrected chi connectivity index (χ4v) is 3.52. The van der Waals surface area contributed by atoms with Crippen LogP contribution in [0.5, 0.6) is 5.75 Å². The first-order valence-electron chi connectivity index (χ1n) is 7.71. The van der Waals surface area contributed by atoms with E-state index in [0.717, 1.165) is 18.4 Å². The Labute approximate surface area is 173 Å². The molecule has 0 aliphatic carbocycles. The lowest BCUT2D eigenvalue weighted by molar-refractivity contribution is -0.384. The minimum atomic E-state index is -1.96. The predicted molar refractivity (Wildman–Crippen MR) is 103 cm³/mol. The van der Waals surface area contributed by atoms with E-state index in [2.05, 4.69) is 15.0 Å². The lowest BCUT2D eigenvalue weighted by atomic mass is 10.1. The van der Waals surface area contributed by atoms with E-state index in [9.17, 15) is 32.5 Å². The number of rotatable bonds is 4. The summed E-state index contributed by atoms with van der Waals surface area (Å²) in [7, 11) is 0.797. The number of methoxy groups -OCH3 is 1. The molecule has 0 aliphatic heterocycles. The Morgan fingerprint density at radius 2 is 1.83 bits per heavy atom. The number of non-ortho nitro benzene ring substituents is 1. The number of hydrogen-bond acceptors (Lipinski definition) is 7. The number of halogens is 4. The highest BCUT2D eigenvalue weighted by molar-refractivity contribution is 7.80. The zero-order valence-electron chi connectivity index (χ0n) is 14.6. The van der Waals surface area contributed by atoms with Crippen molar-refractivity contribution in [1.29, 1.82) is 0 Å². The molecule has 3 aromatic rings. The highest BCUT2D eigenvalue weighted by Crippen LogP contribution is 2.30. The molecule has 0 aliphatic rings. The molecule has 0 atom stereocenters. The summed E-state index contributed by atoms with van der Waals surface area (Å²) in [6.07, 6.45) is 0. The zero-order chi connectivity index (χ0) is 22.2. The van der Waals surface area contributed by atoms with Crippen molar-refractivity contribution in [2.24, 2.45) is 0 Å². The van der Waals surface area contributed by atoms with Gasteiger partial charge in [0.2, 0.25) is 11.6 Å². The molecule has 0 saturated carbocycles. The molecule has 14 heteroatoms. The molecule has 1 aromatic heterocycles. The number of nitro groups is 1. The lowest BCUT2D eigenvalue weighted by Gasteiger charge is -2.11. The Hall–Kier alpha value is -3.39. The van der Waals surface area contributed by atoms with Gasteiger partial charge in [0, 0.05) is 12.1 Å². The van der Waals surface area contributed by atoms with Crippen molar-refractivity contribution < 1.29 is 32.0 Å². The molecule has 1 amide bonds. The minimum Gasteiger partial charge on any atom is -0.491 e. The fourth-order valence-electron chi connectivity index (χ4n) is 2.36. The second-order valence-corrected chi connectivity index (χ2v) is 6.94. The number of carbonyl (C=O) groups excluding carboxylic acids is 1. The normalized spacial score (nSPS) is 10.7. The summed E-state index contributed by atoms with van der Waals surface area (Å²) in [5, 5.41) is 14.8. The molecule has 1 heterocycles. The van der Waals surface area contributed by atoms with Gasteiger partial charge in [0.1, 0.15) is 5.56 Å². The van der Waals surface area contributed by atoms with Crippen LogP contribution in [0.4, 0.5) is 28.4 Å². The SMILES string of the molecule is COc1c(F)c(F)c(C(=O)NC(=S)Nc2nc3ccc([N+](=O)[O-])cc3s2)c(F)c1F. The third-order valence-corrected chi connectivity index (χ3v) is 4.82. The van der Waals surface area contributed by atoms with Crippen molar-refractivity contribution in [2.75, 3.05) is 12.4 Å². The molecule has 156 valence electrons. The highest BCUT2D eigenvalue weighted by Gasteiger charge is 2.30. The van der Waals surface area contributed by atoms with Crippen LogP contribution in [-0.4, -0.2) is 28.0 Å². The van der Waals surface area contributed by atoms with E-state index in [1.807, 2.05) is 5.32 Å². The Kier molecular flexibility index (Phi) is 5.80. The monoisotopic (exact) mass is 460 g/mol. The molecule has 2 N–H and O–H groups in total. The second kappa shape index (κ2) is 8.16. The summed E-state index contributed by atoms with van der Waals surface area (Å²) >= 11 is 5.79. The first kappa shape index (κ1) is 21.3. The Morgan fingerprint density at radius 1 is 1.20 bits per heavy atom. The molecule has 0 spiro atoms. The quantitative estimate of drug-likeness (QED) is 0.200. The van der Waals surface area contributed by atoms with E-state index in [4.69, 9.17) is 12.2 Å². The number of amides is 1. The van der Waals surface area contributed by atoms with Crippen LogP contribution in [0, 0.1) is 33.4 Å². The first-order chi connectivity index (χ1) is 14.1. The number of hydrogen-bond donors (Lipinski definition) is 2. The number of benzene rings is 2. The Morgan fingerprint density at radius 3 is 2.40 bits per heavy atom. The van der Waals surface area contributed by atoms with Crippen LogP contribution in [0.15, 0.2) is 18.2 Å². The van der Waals surface area contributed by atoms with Gasteiger partial charge < -0.3 is 10.1 Å². The van der Waals surface area contributed by atoms with Gasteiger partial charge in [-0.2, -0.15) is 8.78 Å². The molecule has 3 rings (SSSR count). The lowest BCUT2D eigenvalue weighted by Crippen LogP contribution is -2.35. The van der Waals surface area contributed by atoms with Gasteiger partial charge in [-0.25, -0.2) is 13.8 Å². The van der Waals surface area contributed by atoms with Crippen LogP contribution in [0.3, 0.4) is 0 Å². The Balaban J connectivity index is 1.81. The highest BCUT2D eigenvalue weighted by atomic mass is 32.1. The van der Waals surface area contributed by atoms with Crippen LogP contribution in [0.25, 0.3) is 10.2 Å². The molecule has 2 aromatic carbocycles. The summed E-state index contributed by atoms with van der Waals surface area (Å²) in [4.78, 5) is 26.4. The maximum atomic E-state index is 14.0. The van der Waals surface area contributed by atoms with Gasteiger partial charge in [0.15, 0.2) is 27.6 Å². The fraction of sp³-hybridized carbons (Fsp3) is 0.0625. The van der Waals surface area contributed by atoms with Crippen LogP contribution in [0.1, 0.15) is 10.4 Å². The number of anilines is 1. The minimum absolute atomic E-state index is 0.101. The molecular weight excluding hydrogens is 452 g/mol. The molecular formula is C16H8F4N4O4S2. The summed E-state index contributed by atoms with van der Waals surface area (Å²) < 4.78 is 60.2. The maximum absolute atomic E-state index is 14.0. The maximum Gasteiger partial charge on any atom is 0.270 e. The van der Waals surface area contributed by atoms with Crippen LogP contribution >= 0.6 is 23.6 Å². The molecule has 30 heavy (non-hydrogen) atoms. The zero-order valence-corrected chi connectivity index (χ0v) is 16.2. The van der Waals surface area contributed by atoms with Gasteiger partial charge in [0.25, 0.3) is 11.6 Å². The van der Waals surface area contributed by atoms with Gasteiger partial charge in [-0.05, 0) is 18.3 Å². The van der Waals surface area contributed by atoms with Gasteiger partial charge in [0.05, 0.1) is 22.2 Å². The third kappa shape index (κ3) is 3.86. The summed E-state index contributed by atoms with van der Waals surface area (Å²) in [6.45, 7) is 0. The number of nitro benzene ring substituents is 1. The molecule has 0 fully saturated rings. The van der Waals surface area contributed by atoms with E-state index in [-0.39, 0.29) is 10.8 Å². The van der Waals surface area contributed by atoms with Crippen molar-refractivity contribution in [2.45, 2.75) is 0 Å². The number of fused-ring (bicyclic) bond motifs is 1. The topological polar surface area (TPSA) is 106 Å². The largest absolute Gasteiger partial charge is 0.491 e. The number of carbonyl (C=O) groups is 1. The number of thiazole rings is 1. The van der Waals surface area contributed by atoms with E-state index < -0.39 is 50.5 Å².